The van der Waals surface area contributed by atoms with E-state index in [-0.39, 0.29) is 22.8 Å². The van der Waals surface area contributed by atoms with Gasteiger partial charge in [0.1, 0.15) is 5.82 Å². The Morgan fingerprint density at radius 3 is 2.58 bits per heavy atom. The van der Waals surface area contributed by atoms with Gasteiger partial charge in [-0.05, 0) is 48.3 Å². The third-order valence-electron chi connectivity index (χ3n) is 4.84. The van der Waals surface area contributed by atoms with Crippen molar-refractivity contribution in [3.8, 4) is 0 Å². The second-order valence-corrected chi connectivity index (χ2v) is 9.63. The fourth-order valence-corrected chi connectivity index (χ4v) is 6.12. The molecule has 0 radical (unpaired) electrons. The average Bonchev–Trinajstić information content (AvgIpc) is 2.88. The van der Waals surface area contributed by atoms with Crippen molar-refractivity contribution in [3.63, 3.8) is 0 Å². The van der Waals surface area contributed by atoms with Crippen LogP contribution in [0.4, 0.5) is 5.82 Å². The smallest absolute Gasteiger partial charge is 0.270 e. The molecule has 5 nitrogen and oxygen atoms in total. The fourth-order valence-electron chi connectivity index (χ4n) is 3.50. The minimum absolute atomic E-state index is 0.0441. The second kappa shape index (κ2) is 7.78. The quantitative estimate of drug-likeness (QED) is 0.759. The van der Waals surface area contributed by atoms with Crippen molar-refractivity contribution in [1.29, 1.82) is 0 Å². The van der Waals surface area contributed by atoms with Gasteiger partial charge >= 0.3 is 0 Å². The van der Waals surface area contributed by atoms with Crippen LogP contribution in [0.2, 0.25) is 0 Å². The topological polar surface area (TPSA) is 66.9 Å². The summed E-state index contributed by atoms with van der Waals surface area (Å²) in [6.45, 7) is 0. The molecule has 2 aliphatic rings. The first-order valence-corrected chi connectivity index (χ1v) is 12.1. The Kier molecular flexibility index (Phi) is 5.42. The number of aromatic amines is 1. The summed E-state index contributed by atoms with van der Waals surface area (Å²) in [5.41, 5.74) is 1.65. The summed E-state index contributed by atoms with van der Waals surface area (Å²) in [4.78, 5) is 26.3. The Balaban J connectivity index is 1.78. The van der Waals surface area contributed by atoms with Crippen LogP contribution in [0.5, 0.6) is 0 Å². The van der Waals surface area contributed by atoms with E-state index in [1.54, 1.807) is 11.8 Å². The second-order valence-electron chi connectivity index (χ2n) is 6.43. The molecule has 3 heterocycles. The molecule has 0 unspecified atom stereocenters. The Bertz CT molecular complexity index is 854. The van der Waals surface area contributed by atoms with Gasteiger partial charge < -0.3 is 5.32 Å². The van der Waals surface area contributed by atoms with E-state index in [4.69, 9.17) is 0 Å². The Morgan fingerprint density at radius 2 is 1.88 bits per heavy atom. The van der Waals surface area contributed by atoms with Gasteiger partial charge in [-0.1, -0.05) is 12.1 Å². The number of amides is 1. The highest BCUT2D eigenvalue weighted by molar-refractivity contribution is 8.00. The van der Waals surface area contributed by atoms with Gasteiger partial charge in [-0.3, -0.25) is 19.4 Å². The standard InChI is InChI=1S/C18H21N3O2S3/c1-24-13-4-2-11(3-5-13)16-15-17(19-14(22)10-26-16)21(20-18(15)23)12-6-8-25-9-7-12/h2-5,12,16H,6-10H2,1H3,(H,19,22)(H,20,23)/t16-/m0/s1. The van der Waals surface area contributed by atoms with Crippen LogP contribution in [0.25, 0.3) is 0 Å². The number of nitrogens with one attached hydrogen (secondary N) is 2. The number of thioether (sulfide) groups is 3. The lowest BCUT2D eigenvalue weighted by atomic mass is 10.1. The zero-order valence-corrected chi connectivity index (χ0v) is 16.9. The first kappa shape index (κ1) is 18.1. The number of hydrogen-bond acceptors (Lipinski definition) is 5. The molecule has 2 N–H and O–H groups in total. The molecule has 138 valence electrons. The van der Waals surface area contributed by atoms with Crippen LogP contribution in [0, 0.1) is 0 Å². The Hall–Kier alpha value is -1.25. The number of aromatic nitrogens is 2. The van der Waals surface area contributed by atoms with Crippen molar-refractivity contribution in [2.45, 2.75) is 29.0 Å². The molecule has 0 spiro atoms. The van der Waals surface area contributed by atoms with E-state index in [0.29, 0.717) is 17.1 Å². The lowest BCUT2D eigenvalue weighted by Crippen LogP contribution is -2.22. The minimum Gasteiger partial charge on any atom is -0.310 e. The summed E-state index contributed by atoms with van der Waals surface area (Å²) in [6, 6.07) is 8.53. The highest BCUT2D eigenvalue weighted by Gasteiger charge is 2.32. The van der Waals surface area contributed by atoms with Crippen molar-refractivity contribution >= 4 is 47.0 Å². The van der Waals surface area contributed by atoms with E-state index in [1.807, 2.05) is 22.7 Å². The summed E-state index contributed by atoms with van der Waals surface area (Å²) >= 11 is 5.16. The number of carbonyl (C=O) groups is 1. The maximum Gasteiger partial charge on any atom is 0.270 e. The molecule has 1 fully saturated rings. The molecule has 0 bridgehead atoms. The Morgan fingerprint density at radius 1 is 1.15 bits per heavy atom. The summed E-state index contributed by atoms with van der Waals surface area (Å²) in [5, 5.41) is 5.87. The molecule has 26 heavy (non-hydrogen) atoms. The third kappa shape index (κ3) is 3.46. The average molecular weight is 408 g/mol. The molecule has 8 heteroatoms. The lowest BCUT2D eigenvalue weighted by Gasteiger charge is -2.24. The van der Waals surface area contributed by atoms with Crippen molar-refractivity contribution in [2.24, 2.45) is 0 Å². The van der Waals surface area contributed by atoms with Gasteiger partial charge in [0.25, 0.3) is 5.56 Å². The molecular formula is C18H21N3O2S3. The monoisotopic (exact) mass is 407 g/mol. The van der Waals surface area contributed by atoms with Gasteiger partial charge in [-0.15, -0.1) is 23.5 Å². The van der Waals surface area contributed by atoms with Crippen LogP contribution >= 0.6 is 35.3 Å². The van der Waals surface area contributed by atoms with Crippen LogP contribution in [0.1, 0.15) is 35.3 Å². The van der Waals surface area contributed by atoms with E-state index in [2.05, 4.69) is 34.7 Å². The molecule has 1 aromatic carbocycles. The fraction of sp³-hybridized carbons (Fsp3) is 0.444. The van der Waals surface area contributed by atoms with E-state index in [1.165, 1.54) is 16.7 Å². The summed E-state index contributed by atoms with van der Waals surface area (Å²) in [7, 11) is 0. The maximum atomic E-state index is 12.8. The number of H-pyrrole nitrogens is 1. The number of nitrogens with zero attached hydrogens (tertiary/aromatic N) is 1. The zero-order chi connectivity index (χ0) is 18.1. The molecule has 2 aromatic rings. The van der Waals surface area contributed by atoms with Gasteiger partial charge in [0.05, 0.1) is 22.6 Å². The summed E-state index contributed by atoms with van der Waals surface area (Å²) < 4.78 is 1.92. The van der Waals surface area contributed by atoms with E-state index in [9.17, 15) is 9.59 Å². The number of rotatable bonds is 3. The van der Waals surface area contributed by atoms with Crippen molar-refractivity contribution < 1.29 is 4.79 Å². The molecule has 2 aliphatic heterocycles. The predicted octanol–water partition coefficient (Wildman–Crippen LogP) is 3.74. The number of carbonyl (C=O) groups excluding carboxylic acids is 1. The largest absolute Gasteiger partial charge is 0.310 e. The minimum atomic E-state index is -0.136. The summed E-state index contributed by atoms with van der Waals surface area (Å²) in [5.74, 6) is 3.14. The zero-order valence-electron chi connectivity index (χ0n) is 14.5. The van der Waals surface area contributed by atoms with Gasteiger partial charge in [-0.25, -0.2) is 0 Å². The van der Waals surface area contributed by atoms with Gasteiger partial charge in [-0.2, -0.15) is 11.8 Å². The van der Waals surface area contributed by atoms with E-state index in [0.717, 1.165) is 29.9 Å². The molecule has 1 amide bonds. The van der Waals surface area contributed by atoms with E-state index < -0.39 is 0 Å². The molecule has 1 saturated heterocycles. The van der Waals surface area contributed by atoms with Crippen molar-refractivity contribution in [1.82, 2.24) is 9.78 Å². The highest BCUT2D eigenvalue weighted by Crippen LogP contribution is 2.41. The molecule has 1 atom stereocenters. The maximum absolute atomic E-state index is 12.8. The van der Waals surface area contributed by atoms with Crippen LogP contribution < -0.4 is 10.9 Å². The summed E-state index contributed by atoms with van der Waals surface area (Å²) in [6.07, 6.45) is 4.07. The lowest BCUT2D eigenvalue weighted by molar-refractivity contribution is -0.113. The molecular weight excluding hydrogens is 386 g/mol. The number of anilines is 1. The van der Waals surface area contributed by atoms with Gasteiger partial charge in [0.2, 0.25) is 5.91 Å². The number of fused-ring (bicyclic) bond motifs is 1. The van der Waals surface area contributed by atoms with Crippen LogP contribution in [-0.4, -0.2) is 39.2 Å². The van der Waals surface area contributed by atoms with Crippen molar-refractivity contribution in [3.05, 3.63) is 45.7 Å². The first-order valence-electron chi connectivity index (χ1n) is 8.65. The first-order chi connectivity index (χ1) is 12.7. The van der Waals surface area contributed by atoms with Crippen LogP contribution in [0.15, 0.2) is 34.0 Å². The number of benzene rings is 1. The van der Waals surface area contributed by atoms with Crippen molar-refractivity contribution in [2.75, 3.05) is 28.8 Å². The predicted molar refractivity (Wildman–Crippen MR) is 112 cm³/mol. The normalized spacial score (nSPS) is 21.1. The SMILES string of the molecule is CSc1ccc([C@@H]2SCC(=O)Nc3c2c(=O)[nH]n3C2CCSCC2)cc1. The van der Waals surface area contributed by atoms with E-state index >= 15 is 0 Å². The van der Waals surface area contributed by atoms with Gasteiger partial charge in [0.15, 0.2) is 0 Å². The van der Waals surface area contributed by atoms with Crippen LogP contribution in [0.3, 0.4) is 0 Å². The van der Waals surface area contributed by atoms with Gasteiger partial charge in [0, 0.05) is 4.90 Å². The number of hydrogen-bond donors (Lipinski definition) is 2. The third-order valence-corrected chi connectivity index (χ3v) is 7.90. The molecule has 4 rings (SSSR count). The molecule has 1 aromatic heterocycles. The highest BCUT2D eigenvalue weighted by atomic mass is 32.2. The molecule has 0 saturated carbocycles. The van der Waals surface area contributed by atoms with Crippen LogP contribution in [-0.2, 0) is 4.79 Å². The Labute approximate surface area is 165 Å². The molecule has 0 aliphatic carbocycles.